The van der Waals surface area contributed by atoms with E-state index >= 15 is 0 Å². The molecule has 0 saturated heterocycles. The summed E-state index contributed by atoms with van der Waals surface area (Å²) >= 11 is 0. The SMILES string of the molecule is C=C(CC(C#N)CCCC)C(=O)O. The maximum atomic E-state index is 10.4. The Labute approximate surface area is 78.7 Å². The third-order valence-corrected chi connectivity index (χ3v) is 1.88. The molecular formula is C10H15NO2. The average Bonchev–Trinajstić information content (AvgIpc) is 2.11. The molecule has 0 aliphatic heterocycles. The first kappa shape index (κ1) is 11.7. The summed E-state index contributed by atoms with van der Waals surface area (Å²) in [6.45, 7) is 5.44. The van der Waals surface area contributed by atoms with E-state index in [-0.39, 0.29) is 17.9 Å². The summed E-state index contributed by atoms with van der Waals surface area (Å²) in [5.41, 5.74) is 0.127. The van der Waals surface area contributed by atoms with Crippen molar-refractivity contribution in [2.45, 2.75) is 32.6 Å². The van der Waals surface area contributed by atoms with E-state index < -0.39 is 5.97 Å². The molecule has 1 unspecified atom stereocenters. The Morgan fingerprint density at radius 2 is 2.31 bits per heavy atom. The van der Waals surface area contributed by atoms with Crippen LogP contribution in [0.1, 0.15) is 32.6 Å². The average molecular weight is 181 g/mol. The van der Waals surface area contributed by atoms with Crippen molar-refractivity contribution in [3.05, 3.63) is 12.2 Å². The zero-order valence-corrected chi connectivity index (χ0v) is 7.92. The molecule has 0 aliphatic carbocycles. The first-order valence-electron chi connectivity index (χ1n) is 4.42. The molecule has 0 amide bonds. The number of nitrogens with zero attached hydrogens (tertiary/aromatic N) is 1. The lowest BCUT2D eigenvalue weighted by Crippen LogP contribution is -2.05. The molecule has 72 valence electrons. The van der Waals surface area contributed by atoms with Crippen molar-refractivity contribution in [2.75, 3.05) is 0 Å². The molecule has 0 rings (SSSR count). The van der Waals surface area contributed by atoms with Crippen LogP contribution in [0.4, 0.5) is 0 Å². The van der Waals surface area contributed by atoms with E-state index in [2.05, 4.69) is 12.6 Å². The Hall–Kier alpha value is -1.30. The lowest BCUT2D eigenvalue weighted by atomic mass is 9.96. The van der Waals surface area contributed by atoms with Crippen LogP contribution in [0.25, 0.3) is 0 Å². The van der Waals surface area contributed by atoms with Gasteiger partial charge in [-0.25, -0.2) is 4.79 Å². The highest BCUT2D eigenvalue weighted by molar-refractivity contribution is 5.85. The summed E-state index contributed by atoms with van der Waals surface area (Å²) in [5, 5.41) is 17.2. The van der Waals surface area contributed by atoms with Crippen LogP contribution >= 0.6 is 0 Å². The number of carboxylic acid groups (broad SMARTS) is 1. The van der Waals surface area contributed by atoms with Crippen molar-refractivity contribution < 1.29 is 9.90 Å². The molecule has 0 bridgehead atoms. The lowest BCUT2D eigenvalue weighted by molar-refractivity contribution is -0.132. The molecule has 0 aromatic carbocycles. The third-order valence-electron chi connectivity index (χ3n) is 1.88. The normalized spacial score (nSPS) is 11.7. The van der Waals surface area contributed by atoms with Gasteiger partial charge in [-0.2, -0.15) is 5.26 Å². The molecule has 3 nitrogen and oxygen atoms in total. The molecule has 1 N–H and O–H groups in total. The molecule has 3 heteroatoms. The number of carbonyl (C=O) groups is 1. The van der Waals surface area contributed by atoms with Gasteiger partial charge >= 0.3 is 5.97 Å². The van der Waals surface area contributed by atoms with E-state index in [1.54, 1.807) is 0 Å². The molecular weight excluding hydrogens is 166 g/mol. The molecule has 0 radical (unpaired) electrons. The van der Waals surface area contributed by atoms with Crippen LogP contribution in [0.2, 0.25) is 0 Å². The van der Waals surface area contributed by atoms with Gasteiger partial charge in [0.05, 0.1) is 12.0 Å². The summed E-state index contributed by atoms with van der Waals surface area (Å²) in [7, 11) is 0. The van der Waals surface area contributed by atoms with Crippen LogP contribution in [-0.2, 0) is 4.79 Å². The maximum Gasteiger partial charge on any atom is 0.330 e. The van der Waals surface area contributed by atoms with Gasteiger partial charge in [-0.3, -0.25) is 0 Å². The molecule has 0 fully saturated rings. The van der Waals surface area contributed by atoms with Gasteiger partial charge in [-0.05, 0) is 12.8 Å². The Morgan fingerprint density at radius 1 is 1.69 bits per heavy atom. The number of unbranched alkanes of at least 4 members (excludes halogenated alkanes) is 1. The molecule has 0 saturated carbocycles. The second-order valence-electron chi connectivity index (χ2n) is 3.08. The van der Waals surface area contributed by atoms with Crippen molar-refractivity contribution in [1.29, 1.82) is 5.26 Å². The Kier molecular flexibility index (Phi) is 5.62. The van der Waals surface area contributed by atoms with Crippen LogP contribution < -0.4 is 0 Å². The van der Waals surface area contributed by atoms with Crippen molar-refractivity contribution in [2.24, 2.45) is 5.92 Å². The van der Waals surface area contributed by atoms with E-state index in [1.807, 2.05) is 6.92 Å². The van der Waals surface area contributed by atoms with Crippen LogP contribution in [0.5, 0.6) is 0 Å². The number of nitriles is 1. The monoisotopic (exact) mass is 181 g/mol. The van der Waals surface area contributed by atoms with Gasteiger partial charge in [0.2, 0.25) is 0 Å². The first-order valence-corrected chi connectivity index (χ1v) is 4.42. The van der Waals surface area contributed by atoms with E-state index in [0.717, 1.165) is 19.3 Å². The van der Waals surface area contributed by atoms with Gasteiger partial charge in [-0.15, -0.1) is 0 Å². The number of rotatable bonds is 6. The van der Waals surface area contributed by atoms with E-state index in [9.17, 15) is 4.79 Å². The zero-order chi connectivity index (χ0) is 10.3. The zero-order valence-electron chi connectivity index (χ0n) is 7.92. The number of hydrogen-bond donors (Lipinski definition) is 1. The third kappa shape index (κ3) is 5.02. The van der Waals surface area contributed by atoms with Gasteiger partial charge in [0.15, 0.2) is 0 Å². The molecule has 1 atom stereocenters. The van der Waals surface area contributed by atoms with Crippen molar-refractivity contribution >= 4 is 5.97 Å². The number of aliphatic carboxylic acids is 1. The Balaban J connectivity index is 3.92. The predicted octanol–water partition coefficient (Wildman–Crippen LogP) is 2.35. The highest BCUT2D eigenvalue weighted by Gasteiger charge is 2.12. The van der Waals surface area contributed by atoms with Crippen LogP contribution in [0, 0.1) is 17.2 Å². The van der Waals surface area contributed by atoms with Gasteiger partial charge in [0.25, 0.3) is 0 Å². The number of carboxylic acids is 1. The summed E-state index contributed by atoms with van der Waals surface area (Å²) < 4.78 is 0. The maximum absolute atomic E-state index is 10.4. The van der Waals surface area contributed by atoms with Gasteiger partial charge < -0.3 is 5.11 Å². The molecule has 0 aromatic heterocycles. The molecule has 0 heterocycles. The van der Waals surface area contributed by atoms with Crippen LogP contribution in [0.3, 0.4) is 0 Å². The highest BCUT2D eigenvalue weighted by atomic mass is 16.4. The van der Waals surface area contributed by atoms with Crippen molar-refractivity contribution in [3.63, 3.8) is 0 Å². The van der Waals surface area contributed by atoms with Gasteiger partial charge in [0.1, 0.15) is 0 Å². The van der Waals surface area contributed by atoms with Crippen LogP contribution in [0.15, 0.2) is 12.2 Å². The van der Waals surface area contributed by atoms with E-state index in [1.165, 1.54) is 0 Å². The fourth-order valence-electron chi connectivity index (χ4n) is 1.05. The van der Waals surface area contributed by atoms with Crippen molar-refractivity contribution in [3.8, 4) is 6.07 Å². The predicted molar refractivity (Wildman–Crippen MR) is 50.0 cm³/mol. The minimum Gasteiger partial charge on any atom is -0.478 e. The van der Waals surface area contributed by atoms with Crippen LogP contribution in [-0.4, -0.2) is 11.1 Å². The largest absolute Gasteiger partial charge is 0.478 e. The molecule has 0 aliphatic rings. The highest BCUT2D eigenvalue weighted by Crippen LogP contribution is 2.16. The second kappa shape index (κ2) is 6.24. The summed E-state index contributed by atoms with van der Waals surface area (Å²) in [4.78, 5) is 10.4. The Morgan fingerprint density at radius 3 is 2.69 bits per heavy atom. The van der Waals surface area contributed by atoms with E-state index in [4.69, 9.17) is 10.4 Å². The fraction of sp³-hybridized carbons (Fsp3) is 0.600. The van der Waals surface area contributed by atoms with Crippen molar-refractivity contribution in [1.82, 2.24) is 0 Å². The molecule has 0 spiro atoms. The summed E-state index contributed by atoms with van der Waals surface area (Å²) in [6, 6.07) is 2.10. The Bertz CT molecular complexity index is 228. The minimum atomic E-state index is -1.00. The lowest BCUT2D eigenvalue weighted by Gasteiger charge is -2.06. The number of hydrogen-bond acceptors (Lipinski definition) is 2. The van der Waals surface area contributed by atoms with E-state index in [0.29, 0.717) is 0 Å². The standard InChI is InChI=1S/C10H15NO2/c1-3-4-5-9(7-11)6-8(2)10(12)13/h9H,2-6H2,1H3,(H,12,13). The molecule has 0 aromatic rings. The van der Waals surface area contributed by atoms with Gasteiger partial charge in [0, 0.05) is 5.57 Å². The summed E-state index contributed by atoms with van der Waals surface area (Å²) in [6.07, 6.45) is 3.04. The quantitative estimate of drug-likeness (QED) is 0.640. The smallest absolute Gasteiger partial charge is 0.330 e. The minimum absolute atomic E-state index is 0.127. The topological polar surface area (TPSA) is 61.1 Å². The summed E-state index contributed by atoms with van der Waals surface area (Å²) in [5.74, 6) is -1.19. The second-order valence-corrected chi connectivity index (χ2v) is 3.08. The molecule has 13 heavy (non-hydrogen) atoms. The van der Waals surface area contributed by atoms with Gasteiger partial charge in [-0.1, -0.05) is 26.3 Å². The first-order chi connectivity index (χ1) is 6.11. The fourth-order valence-corrected chi connectivity index (χ4v) is 1.05.